The van der Waals surface area contributed by atoms with Crippen molar-refractivity contribution in [3.63, 3.8) is 0 Å². The van der Waals surface area contributed by atoms with Crippen LogP contribution in [0.3, 0.4) is 0 Å². The average molecular weight is 470 g/mol. The topological polar surface area (TPSA) is 120 Å². The number of ether oxygens (including phenoxy) is 1. The number of benzene rings is 2. The van der Waals surface area contributed by atoms with Crippen LogP contribution in [0.1, 0.15) is 18.4 Å². The van der Waals surface area contributed by atoms with Gasteiger partial charge in [0.2, 0.25) is 11.8 Å². The number of hydrogen-bond acceptors (Lipinski definition) is 5. The normalized spacial score (nSPS) is 16.6. The number of carbonyl (C=O) groups is 3. The quantitative estimate of drug-likeness (QED) is 0.487. The third-order valence-electron chi connectivity index (χ3n) is 5.32. The molecular weight excluding hydrogens is 446 g/mol. The van der Waals surface area contributed by atoms with Crippen molar-refractivity contribution in [2.75, 3.05) is 13.2 Å². The van der Waals surface area contributed by atoms with Crippen LogP contribution in [-0.4, -0.2) is 43.0 Å². The number of halogens is 2. The minimum Gasteiger partial charge on any atom is -0.484 e. The SMILES string of the molecule is N#C[C@H](C[C@@H]1CCNC1=O)NC(=O)[C@H](Cc1cccc(F)c1)NC(=O)COc1ccc(F)cc1. The van der Waals surface area contributed by atoms with Crippen LogP contribution in [0, 0.1) is 28.9 Å². The summed E-state index contributed by atoms with van der Waals surface area (Å²) < 4.78 is 32.0. The summed E-state index contributed by atoms with van der Waals surface area (Å²) >= 11 is 0. The summed E-state index contributed by atoms with van der Waals surface area (Å²) in [5.41, 5.74) is 0.462. The van der Waals surface area contributed by atoms with Crippen molar-refractivity contribution in [3.8, 4) is 11.8 Å². The van der Waals surface area contributed by atoms with Crippen molar-refractivity contribution < 1.29 is 27.9 Å². The van der Waals surface area contributed by atoms with E-state index in [1.807, 2.05) is 6.07 Å². The predicted octanol–water partition coefficient (Wildman–Crippen LogP) is 1.61. The molecule has 3 rings (SSSR count). The Bertz CT molecular complexity index is 1070. The second kappa shape index (κ2) is 11.7. The molecule has 0 aromatic heterocycles. The standard InChI is InChI=1S/C24H24F2N4O4/c25-17-4-6-20(7-5-17)34-14-22(31)30-21(11-15-2-1-3-18(26)10-15)24(33)29-19(13-27)12-16-8-9-28-23(16)32/h1-7,10,16,19,21H,8-9,11-12,14H2,(H,28,32)(H,29,33)(H,30,31)/t16-,19-,21-/m0/s1. The van der Waals surface area contributed by atoms with Crippen LogP contribution in [0.15, 0.2) is 48.5 Å². The van der Waals surface area contributed by atoms with Crippen LogP contribution in [-0.2, 0) is 20.8 Å². The summed E-state index contributed by atoms with van der Waals surface area (Å²) in [5, 5.41) is 17.2. The first kappa shape index (κ1) is 24.6. The van der Waals surface area contributed by atoms with Gasteiger partial charge < -0.3 is 20.7 Å². The van der Waals surface area contributed by atoms with Gasteiger partial charge in [0.05, 0.1) is 6.07 Å². The fourth-order valence-corrected chi connectivity index (χ4v) is 3.60. The van der Waals surface area contributed by atoms with Gasteiger partial charge in [-0.1, -0.05) is 12.1 Å². The molecule has 3 amide bonds. The maximum Gasteiger partial charge on any atom is 0.258 e. The lowest BCUT2D eigenvalue weighted by molar-refractivity contribution is -0.130. The number of hydrogen-bond donors (Lipinski definition) is 3. The van der Waals surface area contributed by atoms with E-state index in [9.17, 15) is 28.4 Å². The predicted molar refractivity (Wildman–Crippen MR) is 117 cm³/mol. The molecule has 1 heterocycles. The van der Waals surface area contributed by atoms with Crippen molar-refractivity contribution in [2.45, 2.75) is 31.3 Å². The van der Waals surface area contributed by atoms with E-state index in [-0.39, 0.29) is 30.4 Å². The van der Waals surface area contributed by atoms with E-state index >= 15 is 0 Å². The summed E-state index contributed by atoms with van der Waals surface area (Å²) in [6.45, 7) is 0.0738. The zero-order valence-corrected chi connectivity index (χ0v) is 18.2. The summed E-state index contributed by atoms with van der Waals surface area (Å²) in [5.74, 6) is -2.52. The zero-order chi connectivity index (χ0) is 24.5. The Labute approximate surface area is 195 Å². The van der Waals surface area contributed by atoms with Gasteiger partial charge >= 0.3 is 0 Å². The van der Waals surface area contributed by atoms with Gasteiger partial charge in [0, 0.05) is 18.9 Å². The fraction of sp³-hybridized carbons (Fsp3) is 0.333. The molecule has 3 N–H and O–H groups in total. The molecule has 1 fully saturated rings. The Kier molecular flexibility index (Phi) is 8.51. The first-order valence-corrected chi connectivity index (χ1v) is 10.7. The molecule has 0 spiro atoms. The van der Waals surface area contributed by atoms with E-state index in [0.29, 0.717) is 18.5 Å². The number of nitriles is 1. The summed E-state index contributed by atoms with van der Waals surface area (Å²) in [4.78, 5) is 37.2. The van der Waals surface area contributed by atoms with E-state index in [1.54, 1.807) is 6.07 Å². The zero-order valence-electron chi connectivity index (χ0n) is 18.2. The molecule has 0 unspecified atom stereocenters. The molecule has 1 saturated heterocycles. The Hall–Kier alpha value is -4.00. The maximum atomic E-state index is 13.6. The number of rotatable bonds is 10. The lowest BCUT2D eigenvalue weighted by atomic mass is 9.98. The first-order valence-electron chi connectivity index (χ1n) is 10.7. The smallest absolute Gasteiger partial charge is 0.258 e. The second-order valence-electron chi connectivity index (χ2n) is 7.90. The van der Waals surface area contributed by atoms with Crippen molar-refractivity contribution in [1.29, 1.82) is 5.26 Å². The van der Waals surface area contributed by atoms with E-state index in [2.05, 4.69) is 16.0 Å². The van der Waals surface area contributed by atoms with Gasteiger partial charge in [0.1, 0.15) is 29.5 Å². The van der Waals surface area contributed by atoms with Gasteiger partial charge in [0.25, 0.3) is 5.91 Å². The summed E-state index contributed by atoms with van der Waals surface area (Å²) in [6.07, 6.45) is 0.674. The minimum absolute atomic E-state index is 0.0338. The van der Waals surface area contributed by atoms with Gasteiger partial charge in [-0.3, -0.25) is 14.4 Å². The molecule has 3 atom stereocenters. The largest absolute Gasteiger partial charge is 0.484 e. The second-order valence-corrected chi connectivity index (χ2v) is 7.90. The van der Waals surface area contributed by atoms with Gasteiger partial charge in [-0.05, 0) is 54.8 Å². The van der Waals surface area contributed by atoms with Crippen LogP contribution in [0.2, 0.25) is 0 Å². The van der Waals surface area contributed by atoms with E-state index in [0.717, 1.165) is 0 Å². The Morgan fingerprint density at radius 2 is 1.91 bits per heavy atom. The Morgan fingerprint density at radius 1 is 1.15 bits per heavy atom. The van der Waals surface area contributed by atoms with Crippen LogP contribution < -0.4 is 20.7 Å². The van der Waals surface area contributed by atoms with E-state index < -0.39 is 42.1 Å². The molecule has 1 aliphatic heterocycles. The van der Waals surface area contributed by atoms with Crippen molar-refractivity contribution >= 4 is 17.7 Å². The highest BCUT2D eigenvalue weighted by Gasteiger charge is 2.30. The Morgan fingerprint density at radius 3 is 2.56 bits per heavy atom. The van der Waals surface area contributed by atoms with Crippen LogP contribution in [0.25, 0.3) is 0 Å². The molecule has 8 nitrogen and oxygen atoms in total. The number of nitrogens with one attached hydrogen (secondary N) is 3. The van der Waals surface area contributed by atoms with Crippen molar-refractivity contribution in [2.24, 2.45) is 5.92 Å². The minimum atomic E-state index is -1.13. The van der Waals surface area contributed by atoms with Gasteiger partial charge in [-0.15, -0.1) is 0 Å². The first-order chi connectivity index (χ1) is 16.3. The molecule has 0 aliphatic carbocycles. The maximum absolute atomic E-state index is 13.6. The monoisotopic (exact) mass is 470 g/mol. The molecular formula is C24H24F2N4O4. The molecule has 0 radical (unpaired) electrons. The van der Waals surface area contributed by atoms with Crippen LogP contribution in [0.4, 0.5) is 8.78 Å². The third-order valence-corrected chi connectivity index (χ3v) is 5.32. The molecule has 10 heteroatoms. The average Bonchev–Trinajstić information content (AvgIpc) is 3.22. The van der Waals surface area contributed by atoms with E-state index in [4.69, 9.17) is 4.74 Å². The van der Waals surface area contributed by atoms with Gasteiger partial charge in [0.15, 0.2) is 6.61 Å². The molecule has 0 saturated carbocycles. The third kappa shape index (κ3) is 7.27. The summed E-state index contributed by atoms with van der Waals surface area (Å²) in [7, 11) is 0. The fourth-order valence-electron chi connectivity index (χ4n) is 3.60. The highest BCUT2D eigenvalue weighted by Crippen LogP contribution is 2.16. The molecule has 2 aromatic rings. The summed E-state index contributed by atoms with van der Waals surface area (Å²) in [6, 6.07) is 10.6. The van der Waals surface area contributed by atoms with Gasteiger partial charge in [-0.2, -0.15) is 5.26 Å². The van der Waals surface area contributed by atoms with E-state index in [1.165, 1.54) is 42.5 Å². The molecule has 1 aliphatic rings. The molecule has 2 aromatic carbocycles. The lowest BCUT2D eigenvalue weighted by Gasteiger charge is -2.21. The number of nitrogens with zero attached hydrogens (tertiary/aromatic N) is 1. The molecule has 0 bridgehead atoms. The number of carbonyl (C=O) groups excluding carboxylic acids is 3. The lowest BCUT2D eigenvalue weighted by Crippen LogP contribution is -2.51. The van der Waals surface area contributed by atoms with Crippen molar-refractivity contribution in [1.82, 2.24) is 16.0 Å². The van der Waals surface area contributed by atoms with Crippen LogP contribution >= 0.6 is 0 Å². The number of amides is 3. The molecule has 178 valence electrons. The highest BCUT2D eigenvalue weighted by molar-refractivity contribution is 5.89. The van der Waals surface area contributed by atoms with Crippen LogP contribution in [0.5, 0.6) is 5.75 Å². The Balaban J connectivity index is 1.65. The van der Waals surface area contributed by atoms with Gasteiger partial charge in [-0.25, -0.2) is 8.78 Å². The van der Waals surface area contributed by atoms with Crippen molar-refractivity contribution in [3.05, 3.63) is 65.7 Å². The highest BCUT2D eigenvalue weighted by atomic mass is 19.1. The molecule has 34 heavy (non-hydrogen) atoms.